The molecule has 2 aliphatic rings. The standard InChI is InChI=1S/C16H22ClN3O3S/c17-15-6-4-5-14(13-15)16(21)18-9-11-20(12-10-18)24(22,23)19-7-2-1-3-8-19/h4-6,13H,1-3,7-12H2. The van der Waals surface area contributed by atoms with E-state index >= 15 is 0 Å². The SMILES string of the molecule is O=C(c1cccc(Cl)c1)N1CCN(S(=O)(=O)N2CCCCC2)CC1. The predicted octanol–water partition coefficient (Wildman–Crippen LogP) is 1.83. The smallest absolute Gasteiger partial charge is 0.282 e. The van der Waals surface area contributed by atoms with Crippen LogP contribution in [0.25, 0.3) is 0 Å². The lowest BCUT2D eigenvalue weighted by Crippen LogP contribution is -2.54. The minimum Gasteiger partial charge on any atom is -0.336 e. The molecule has 2 heterocycles. The van der Waals surface area contributed by atoms with Crippen molar-refractivity contribution in [3.05, 3.63) is 34.9 Å². The molecule has 1 amide bonds. The summed E-state index contributed by atoms with van der Waals surface area (Å²) in [6.07, 6.45) is 2.94. The van der Waals surface area contributed by atoms with Gasteiger partial charge in [0, 0.05) is 49.9 Å². The second-order valence-corrected chi connectivity index (χ2v) is 8.53. The molecule has 0 N–H and O–H groups in total. The normalized spacial score (nSPS) is 21.0. The van der Waals surface area contributed by atoms with E-state index in [0.29, 0.717) is 49.9 Å². The van der Waals surface area contributed by atoms with Gasteiger partial charge in [0.25, 0.3) is 16.1 Å². The Morgan fingerprint density at radius 2 is 1.54 bits per heavy atom. The molecule has 8 heteroatoms. The van der Waals surface area contributed by atoms with Gasteiger partial charge in [0.1, 0.15) is 0 Å². The molecule has 132 valence electrons. The van der Waals surface area contributed by atoms with Crippen LogP contribution in [0.15, 0.2) is 24.3 Å². The van der Waals surface area contributed by atoms with Gasteiger partial charge < -0.3 is 4.90 Å². The minimum absolute atomic E-state index is 0.104. The lowest BCUT2D eigenvalue weighted by Gasteiger charge is -2.37. The number of rotatable bonds is 3. The summed E-state index contributed by atoms with van der Waals surface area (Å²) in [6, 6.07) is 6.83. The number of carbonyl (C=O) groups excluding carboxylic acids is 1. The van der Waals surface area contributed by atoms with Crippen LogP contribution in [0.2, 0.25) is 5.02 Å². The molecule has 0 aliphatic carbocycles. The quantitative estimate of drug-likeness (QED) is 0.814. The molecule has 2 aliphatic heterocycles. The van der Waals surface area contributed by atoms with Crippen molar-refractivity contribution >= 4 is 27.7 Å². The first-order chi connectivity index (χ1) is 11.5. The Labute approximate surface area is 148 Å². The van der Waals surface area contributed by atoms with Gasteiger partial charge in [-0.25, -0.2) is 0 Å². The number of piperidine rings is 1. The van der Waals surface area contributed by atoms with E-state index in [1.54, 1.807) is 33.5 Å². The van der Waals surface area contributed by atoms with Gasteiger partial charge in [-0.15, -0.1) is 0 Å². The summed E-state index contributed by atoms with van der Waals surface area (Å²) in [5.41, 5.74) is 0.537. The average molecular weight is 372 g/mol. The maximum atomic E-state index is 12.7. The Hall–Kier alpha value is -1.15. The van der Waals surface area contributed by atoms with Crippen LogP contribution in [0.1, 0.15) is 29.6 Å². The summed E-state index contributed by atoms with van der Waals surface area (Å²) < 4.78 is 28.4. The molecule has 1 aromatic carbocycles. The van der Waals surface area contributed by atoms with E-state index in [2.05, 4.69) is 0 Å². The van der Waals surface area contributed by atoms with Gasteiger partial charge in [0.05, 0.1) is 0 Å². The number of hydrogen-bond acceptors (Lipinski definition) is 3. The summed E-state index contributed by atoms with van der Waals surface area (Å²) in [6.45, 7) is 2.68. The van der Waals surface area contributed by atoms with E-state index in [4.69, 9.17) is 11.6 Å². The molecular weight excluding hydrogens is 350 g/mol. The highest BCUT2D eigenvalue weighted by molar-refractivity contribution is 7.86. The van der Waals surface area contributed by atoms with Gasteiger partial charge in [-0.3, -0.25) is 4.79 Å². The third-order valence-electron chi connectivity index (χ3n) is 4.57. The Kier molecular flexibility index (Phi) is 5.44. The van der Waals surface area contributed by atoms with Crippen LogP contribution in [-0.2, 0) is 10.2 Å². The van der Waals surface area contributed by atoms with Crippen molar-refractivity contribution in [2.45, 2.75) is 19.3 Å². The highest BCUT2D eigenvalue weighted by Gasteiger charge is 2.34. The lowest BCUT2D eigenvalue weighted by molar-refractivity contribution is 0.0693. The number of benzene rings is 1. The van der Waals surface area contributed by atoms with Crippen LogP contribution < -0.4 is 0 Å². The first kappa shape index (κ1) is 17.7. The van der Waals surface area contributed by atoms with Crippen LogP contribution in [0.5, 0.6) is 0 Å². The highest BCUT2D eigenvalue weighted by atomic mass is 35.5. The Bertz CT molecular complexity index is 696. The van der Waals surface area contributed by atoms with Crippen LogP contribution in [0, 0.1) is 0 Å². The van der Waals surface area contributed by atoms with Gasteiger partial charge in [-0.2, -0.15) is 17.0 Å². The first-order valence-corrected chi connectivity index (χ1v) is 10.1. The topological polar surface area (TPSA) is 60.9 Å². The summed E-state index contributed by atoms with van der Waals surface area (Å²) >= 11 is 5.93. The molecule has 24 heavy (non-hydrogen) atoms. The molecule has 0 radical (unpaired) electrons. The maximum Gasteiger partial charge on any atom is 0.282 e. The monoisotopic (exact) mass is 371 g/mol. The first-order valence-electron chi connectivity index (χ1n) is 8.28. The van der Waals surface area contributed by atoms with Crippen LogP contribution in [0.3, 0.4) is 0 Å². The van der Waals surface area contributed by atoms with Gasteiger partial charge in [-0.1, -0.05) is 24.1 Å². The molecule has 2 saturated heterocycles. The van der Waals surface area contributed by atoms with Crippen LogP contribution >= 0.6 is 11.6 Å². The van der Waals surface area contributed by atoms with Crippen LogP contribution in [-0.4, -0.2) is 67.1 Å². The van der Waals surface area contributed by atoms with E-state index in [-0.39, 0.29) is 5.91 Å². The second kappa shape index (κ2) is 7.39. The molecule has 1 aromatic rings. The maximum absolute atomic E-state index is 12.7. The number of amides is 1. The molecule has 0 saturated carbocycles. The number of hydrogen-bond donors (Lipinski definition) is 0. The zero-order valence-electron chi connectivity index (χ0n) is 13.5. The van der Waals surface area contributed by atoms with E-state index in [1.807, 2.05) is 0 Å². The number of carbonyl (C=O) groups is 1. The Morgan fingerprint density at radius 1 is 0.917 bits per heavy atom. The van der Waals surface area contributed by atoms with Crippen molar-refractivity contribution in [2.24, 2.45) is 0 Å². The fraction of sp³-hybridized carbons (Fsp3) is 0.562. The highest BCUT2D eigenvalue weighted by Crippen LogP contribution is 2.19. The van der Waals surface area contributed by atoms with Gasteiger partial charge in [0.15, 0.2) is 0 Å². The third kappa shape index (κ3) is 3.74. The van der Waals surface area contributed by atoms with Crippen molar-refractivity contribution < 1.29 is 13.2 Å². The molecule has 0 bridgehead atoms. The van der Waals surface area contributed by atoms with Crippen molar-refractivity contribution in [2.75, 3.05) is 39.3 Å². The van der Waals surface area contributed by atoms with Crippen molar-refractivity contribution in [1.82, 2.24) is 13.5 Å². The Balaban J connectivity index is 1.62. The van der Waals surface area contributed by atoms with Gasteiger partial charge >= 0.3 is 0 Å². The molecule has 0 aromatic heterocycles. The van der Waals surface area contributed by atoms with E-state index in [9.17, 15) is 13.2 Å². The number of piperazine rings is 1. The summed E-state index contributed by atoms with van der Waals surface area (Å²) in [7, 11) is -3.40. The number of halogens is 1. The summed E-state index contributed by atoms with van der Waals surface area (Å²) in [5, 5.41) is 0.521. The van der Waals surface area contributed by atoms with E-state index in [0.717, 1.165) is 19.3 Å². The Morgan fingerprint density at radius 3 is 2.17 bits per heavy atom. The van der Waals surface area contributed by atoms with Gasteiger partial charge in [0.2, 0.25) is 0 Å². The van der Waals surface area contributed by atoms with Crippen molar-refractivity contribution in [3.63, 3.8) is 0 Å². The van der Waals surface area contributed by atoms with Crippen molar-refractivity contribution in [3.8, 4) is 0 Å². The van der Waals surface area contributed by atoms with Gasteiger partial charge in [-0.05, 0) is 31.0 Å². The molecular formula is C16H22ClN3O3S. The second-order valence-electron chi connectivity index (χ2n) is 6.17. The van der Waals surface area contributed by atoms with E-state index < -0.39 is 10.2 Å². The molecule has 0 unspecified atom stereocenters. The molecule has 2 fully saturated rings. The summed E-state index contributed by atoms with van der Waals surface area (Å²) in [5.74, 6) is -0.104. The summed E-state index contributed by atoms with van der Waals surface area (Å²) in [4.78, 5) is 14.2. The minimum atomic E-state index is -3.40. The molecule has 0 spiro atoms. The molecule has 3 rings (SSSR count). The van der Waals surface area contributed by atoms with Crippen LogP contribution in [0.4, 0.5) is 0 Å². The molecule has 6 nitrogen and oxygen atoms in total. The predicted molar refractivity (Wildman–Crippen MR) is 93.3 cm³/mol. The number of nitrogens with zero attached hydrogens (tertiary/aromatic N) is 3. The third-order valence-corrected chi connectivity index (χ3v) is 6.84. The lowest BCUT2D eigenvalue weighted by atomic mass is 10.2. The largest absolute Gasteiger partial charge is 0.336 e. The average Bonchev–Trinajstić information content (AvgIpc) is 2.62. The van der Waals surface area contributed by atoms with E-state index in [1.165, 1.54) is 4.31 Å². The zero-order chi connectivity index (χ0) is 17.2. The zero-order valence-corrected chi connectivity index (χ0v) is 15.1. The fourth-order valence-electron chi connectivity index (χ4n) is 3.18. The fourth-order valence-corrected chi connectivity index (χ4v) is 5.05. The molecule has 0 atom stereocenters. The van der Waals surface area contributed by atoms with Crippen molar-refractivity contribution in [1.29, 1.82) is 0 Å².